The molecule has 0 unspecified atom stereocenters. The van der Waals surface area contributed by atoms with Crippen LogP contribution in [0.2, 0.25) is 0 Å². The van der Waals surface area contributed by atoms with Gasteiger partial charge in [-0.25, -0.2) is 4.79 Å². The van der Waals surface area contributed by atoms with Gasteiger partial charge in [-0.1, -0.05) is 6.07 Å². The maximum Gasteiger partial charge on any atom is 0.334 e. The summed E-state index contributed by atoms with van der Waals surface area (Å²) in [5, 5.41) is 0. The van der Waals surface area contributed by atoms with Gasteiger partial charge < -0.3 is 28.4 Å². The first-order valence-electron chi connectivity index (χ1n) is 10.7. The predicted octanol–water partition coefficient (Wildman–Crippen LogP) is 3.70. The van der Waals surface area contributed by atoms with Crippen LogP contribution in [-0.4, -0.2) is 46.2 Å². The molecule has 0 saturated heterocycles. The van der Waals surface area contributed by atoms with E-state index in [0.29, 0.717) is 23.0 Å². The lowest BCUT2D eigenvalue weighted by molar-refractivity contribution is -0.150. The molecule has 2 aromatic carbocycles. The monoisotopic (exact) mass is 454 g/mol. The molecule has 0 N–H and O–H groups in total. The molecule has 0 bridgehead atoms. The number of carbonyl (C=O) groups is 2. The van der Waals surface area contributed by atoms with Crippen LogP contribution in [0.1, 0.15) is 36.5 Å². The Morgan fingerprint density at radius 3 is 2.30 bits per heavy atom. The van der Waals surface area contributed by atoms with Gasteiger partial charge in [0.15, 0.2) is 23.0 Å². The van der Waals surface area contributed by atoms with Gasteiger partial charge in [-0.3, -0.25) is 4.79 Å². The predicted molar refractivity (Wildman–Crippen MR) is 119 cm³/mol. The number of fused-ring (bicyclic) bond motifs is 2. The maximum atomic E-state index is 13.2. The minimum atomic E-state index is -0.921. The fourth-order valence-electron chi connectivity index (χ4n) is 4.30. The molecule has 0 fully saturated rings. The van der Waals surface area contributed by atoms with Gasteiger partial charge in [0.05, 0.1) is 38.9 Å². The van der Waals surface area contributed by atoms with Gasteiger partial charge >= 0.3 is 11.9 Å². The Labute approximate surface area is 192 Å². The van der Waals surface area contributed by atoms with Gasteiger partial charge in [0.1, 0.15) is 0 Å². The van der Waals surface area contributed by atoms with Crippen LogP contribution in [0.15, 0.2) is 35.9 Å². The standard InChI is InChI=1S/C25H26O8/c1-5-30-24(26)17-9-15-11-20-21(33-13-32-20)12-16(15)22(23(17)25(27)31-6-2)14-7-8-18(28-3)19(10-14)29-4/h7-12,22-23H,5-6,13H2,1-4H3/t22-,23-/m0/s1. The van der Waals surface area contributed by atoms with Crippen molar-refractivity contribution in [3.8, 4) is 23.0 Å². The van der Waals surface area contributed by atoms with Gasteiger partial charge in [-0.2, -0.15) is 0 Å². The van der Waals surface area contributed by atoms with E-state index < -0.39 is 23.8 Å². The van der Waals surface area contributed by atoms with E-state index in [2.05, 4.69) is 0 Å². The zero-order valence-electron chi connectivity index (χ0n) is 19.0. The van der Waals surface area contributed by atoms with Crippen LogP contribution < -0.4 is 18.9 Å². The van der Waals surface area contributed by atoms with E-state index >= 15 is 0 Å². The molecule has 2 aromatic rings. The van der Waals surface area contributed by atoms with Crippen molar-refractivity contribution in [1.29, 1.82) is 0 Å². The van der Waals surface area contributed by atoms with Crippen molar-refractivity contribution in [2.75, 3.05) is 34.2 Å². The maximum absolute atomic E-state index is 13.2. The van der Waals surface area contributed by atoms with Crippen molar-refractivity contribution in [3.63, 3.8) is 0 Å². The Hall–Kier alpha value is -3.68. The van der Waals surface area contributed by atoms with Crippen molar-refractivity contribution in [3.05, 3.63) is 52.6 Å². The van der Waals surface area contributed by atoms with E-state index in [1.54, 1.807) is 46.3 Å². The minimum absolute atomic E-state index is 0.106. The van der Waals surface area contributed by atoms with Gasteiger partial charge in [0.2, 0.25) is 6.79 Å². The molecule has 0 aromatic heterocycles. The first-order valence-corrected chi connectivity index (χ1v) is 10.7. The number of hydrogen-bond acceptors (Lipinski definition) is 8. The lowest BCUT2D eigenvalue weighted by Gasteiger charge is -2.32. The first kappa shape index (κ1) is 22.5. The van der Waals surface area contributed by atoms with E-state index in [1.807, 2.05) is 18.2 Å². The molecule has 0 saturated carbocycles. The highest BCUT2D eigenvalue weighted by Gasteiger charge is 2.43. The third kappa shape index (κ3) is 4.08. The lowest BCUT2D eigenvalue weighted by Crippen LogP contribution is -2.33. The molecule has 174 valence electrons. The largest absolute Gasteiger partial charge is 0.493 e. The van der Waals surface area contributed by atoms with Crippen LogP contribution in [0, 0.1) is 5.92 Å². The highest BCUT2D eigenvalue weighted by molar-refractivity contribution is 6.02. The summed E-state index contributed by atoms with van der Waals surface area (Å²) >= 11 is 0. The van der Waals surface area contributed by atoms with Crippen LogP contribution in [0.3, 0.4) is 0 Å². The summed E-state index contributed by atoms with van der Waals surface area (Å²) in [6, 6.07) is 9.08. The second-order valence-electron chi connectivity index (χ2n) is 7.48. The van der Waals surface area contributed by atoms with Gasteiger partial charge in [-0.05, 0) is 60.9 Å². The number of esters is 2. The Kier molecular flexibility index (Phi) is 6.44. The highest BCUT2D eigenvalue weighted by Crippen LogP contribution is 2.49. The summed E-state index contributed by atoms with van der Waals surface area (Å²) < 4.78 is 32.7. The summed E-state index contributed by atoms with van der Waals surface area (Å²) in [5.74, 6) is -0.343. The molecule has 33 heavy (non-hydrogen) atoms. The van der Waals surface area contributed by atoms with Crippen LogP contribution in [0.4, 0.5) is 0 Å². The topological polar surface area (TPSA) is 89.5 Å². The lowest BCUT2D eigenvalue weighted by atomic mass is 9.71. The van der Waals surface area contributed by atoms with Crippen molar-refractivity contribution in [1.82, 2.24) is 0 Å². The van der Waals surface area contributed by atoms with Crippen LogP contribution in [-0.2, 0) is 19.1 Å². The second kappa shape index (κ2) is 9.44. The molecule has 1 aliphatic heterocycles. The van der Waals surface area contributed by atoms with Crippen molar-refractivity contribution in [2.24, 2.45) is 5.92 Å². The fraction of sp³-hybridized carbons (Fsp3) is 0.360. The minimum Gasteiger partial charge on any atom is -0.493 e. The average Bonchev–Trinajstić information content (AvgIpc) is 3.28. The molecule has 2 atom stereocenters. The fourth-order valence-corrected chi connectivity index (χ4v) is 4.30. The van der Waals surface area contributed by atoms with Crippen molar-refractivity contribution in [2.45, 2.75) is 19.8 Å². The molecule has 4 rings (SSSR count). The van der Waals surface area contributed by atoms with E-state index in [1.165, 1.54) is 0 Å². The normalized spacial score (nSPS) is 18.1. The number of ether oxygens (including phenoxy) is 6. The van der Waals surface area contributed by atoms with E-state index in [-0.39, 0.29) is 25.6 Å². The zero-order valence-corrected chi connectivity index (χ0v) is 19.0. The van der Waals surface area contributed by atoms with Gasteiger partial charge in [-0.15, -0.1) is 0 Å². The number of benzene rings is 2. The number of carbonyl (C=O) groups excluding carboxylic acids is 2. The number of methoxy groups -OCH3 is 2. The van der Waals surface area contributed by atoms with Gasteiger partial charge in [0, 0.05) is 5.92 Å². The Balaban J connectivity index is 1.95. The molecular formula is C25H26O8. The highest BCUT2D eigenvalue weighted by atomic mass is 16.7. The SMILES string of the molecule is CCOC(=O)C1=Cc2cc3c(cc2[C@H](c2ccc(OC)c(OC)c2)[C@H]1C(=O)OCC)OCO3. The summed E-state index contributed by atoms with van der Waals surface area (Å²) in [4.78, 5) is 26.2. The molecular weight excluding hydrogens is 428 g/mol. The quantitative estimate of drug-likeness (QED) is 0.585. The van der Waals surface area contributed by atoms with E-state index in [9.17, 15) is 9.59 Å². The van der Waals surface area contributed by atoms with Crippen LogP contribution >= 0.6 is 0 Å². The molecule has 8 nitrogen and oxygen atoms in total. The summed E-state index contributed by atoms with van der Waals surface area (Å²) in [6.07, 6.45) is 1.67. The molecule has 0 amide bonds. The Morgan fingerprint density at radius 2 is 1.64 bits per heavy atom. The van der Waals surface area contributed by atoms with E-state index in [4.69, 9.17) is 28.4 Å². The van der Waals surface area contributed by atoms with Crippen LogP contribution in [0.25, 0.3) is 6.08 Å². The summed E-state index contributed by atoms with van der Waals surface area (Å²) in [7, 11) is 3.10. The molecule has 0 spiro atoms. The zero-order chi connectivity index (χ0) is 23.5. The van der Waals surface area contributed by atoms with Crippen molar-refractivity contribution < 1.29 is 38.0 Å². The summed E-state index contributed by atoms with van der Waals surface area (Å²) in [6.45, 7) is 3.91. The Morgan fingerprint density at radius 1 is 0.939 bits per heavy atom. The number of rotatable bonds is 7. The Bertz CT molecular complexity index is 1100. The third-order valence-electron chi connectivity index (χ3n) is 5.71. The molecule has 1 heterocycles. The first-order chi connectivity index (χ1) is 16.0. The average molecular weight is 454 g/mol. The molecule has 8 heteroatoms. The third-order valence-corrected chi connectivity index (χ3v) is 5.71. The van der Waals surface area contributed by atoms with Crippen LogP contribution in [0.5, 0.6) is 23.0 Å². The number of hydrogen-bond donors (Lipinski definition) is 0. The summed E-state index contributed by atoms with van der Waals surface area (Å²) in [5.41, 5.74) is 2.52. The molecule has 0 radical (unpaired) electrons. The smallest absolute Gasteiger partial charge is 0.334 e. The van der Waals surface area contributed by atoms with E-state index in [0.717, 1.165) is 16.7 Å². The molecule has 1 aliphatic carbocycles. The second-order valence-corrected chi connectivity index (χ2v) is 7.48. The van der Waals surface area contributed by atoms with Crippen molar-refractivity contribution >= 4 is 18.0 Å². The molecule has 2 aliphatic rings. The van der Waals surface area contributed by atoms with Gasteiger partial charge in [0.25, 0.3) is 0 Å².